The smallest absolute Gasteiger partial charge is 0.332 e. The molecule has 198 valence electrons. The van der Waals surface area contributed by atoms with Crippen molar-refractivity contribution >= 4 is 50.4 Å². The Bertz CT molecular complexity index is 1570. The van der Waals surface area contributed by atoms with Crippen LogP contribution in [0.25, 0.3) is 11.2 Å². The summed E-state index contributed by atoms with van der Waals surface area (Å²) in [5.41, 5.74) is 2.39. The SMILES string of the molecule is Cn1c(=O)c2c(nc(N3CCN(C(=S)NCCc4ccccc4)CC3)n2Cc2ccc(Br)cc2)n(C)c1=O. The van der Waals surface area contributed by atoms with Crippen LogP contribution in [-0.4, -0.2) is 61.4 Å². The van der Waals surface area contributed by atoms with Crippen LogP contribution in [-0.2, 0) is 27.1 Å². The Labute approximate surface area is 234 Å². The molecule has 2 aromatic carbocycles. The second kappa shape index (κ2) is 11.1. The lowest BCUT2D eigenvalue weighted by molar-refractivity contribution is 0.376. The number of hydrogen-bond donors (Lipinski definition) is 1. The Morgan fingerprint density at radius 1 is 0.947 bits per heavy atom. The third kappa shape index (κ3) is 5.25. The van der Waals surface area contributed by atoms with Crippen LogP contribution in [0.1, 0.15) is 11.1 Å². The highest BCUT2D eigenvalue weighted by Crippen LogP contribution is 2.23. The summed E-state index contributed by atoms with van der Waals surface area (Å²) in [4.78, 5) is 35.0. The highest BCUT2D eigenvalue weighted by molar-refractivity contribution is 9.10. The highest BCUT2D eigenvalue weighted by Gasteiger charge is 2.26. The predicted octanol–water partition coefficient (Wildman–Crippen LogP) is 2.48. The van der Waals surface area contributed by atoms with Crippen LogP contribution in [0, 0.1) is 0 Å². The number of piperazine rings is 1. The molecule has 1 N–H and O–H groups in total. The zero-order valence-corrected chi connectivity index (χ0v) is 23.8. The maximum absolute atomic E-state index is 13.2. The van der Waals surface area contributed by atoms with Crippen molar-refractivity contribution in [2.45, 2.75) is 13.0 Å². The lowest BCUT2D eigenvalue weighted by Gasteiger charge is -2.36. The molecule has 1 saturated heterocycles. The molecule has 0 amide bonds. The summed E-state index contributed by atoms with van der Waals surface area (Å²) >= 11 is 9.16. The van der Waals surface area contributed by atoms with Crippen molar-refractivity contribution in [1.82, 2.24) is 28.9 Å². The minimum Gasteiger partial charge on any atom is -0.362 e. The van der Waals surface area contributed by atoms with Crippen LogP contribution in [0.5, 0.6) is 0 Å². The molecule has 0 unspecified atom stereocenters. The van der Waals surface area contributed by atoms with Crippen molar-refractivity contribution in [2.24, 2.45) is 14.1 Å². The lowest BCUT2D eigenvalue weighted by Crippen LogP contribution is -2.52. The quantitative estimate of drug-likeness (QED) is 0.343. The van der Waals surface area contributed by atoms with E-state index in [1.54, 1.807) is 7.05 Å². The van der Waals surface area contributed by atoms with Gasteiger partial charge >= 0.3 is 5.69 Å². The fraction of sp³-hybridized carbons (Fsp3) is 0.333. The van der Waals surface area contributed by atoms with Gasteiger partial charge in [0.1, 0.15) is 0 Å². The van der Waals surface area contributed by atoms with Crippen LogP contribution < -0.4 is 21.5 Å². The van der Waals surface area contributed by atoms with Crippen molar-refractivity contribution in [3.63, 3.8) is 0 Å². The molecule has 0 saturated carbocycles. The highest BCUT2D eigenvalue weighted by atomic mass is 79.9. The van der Waals surface area contributed by atoms with E-state index in [9.17, 15) is 9.59 Å². The van der Waals surface area contributed by atoms with Crippen molar-refractivity contribution < 1.29 is 0 Å². The molecule has 0 bridgehead atoms. The summed E-state index contributed by atoms with van der Waals surface area (Å²) in [6.45, 7) is 4.09. The van der Waals surface area contributed by atoms with Gasteiger partial charge in [-0.1, -0.05) is 58.4 Å². The van der Waals surface area contributed by atoms with E-state index in [0.717, 1.165) is 45.8 Å². The number of aryl methyl sites for hydroxylation is 1. The van der Waals surface area contributed by atoms with Gasteiger partial charge in [-0.2, -0.15) is 4.98 Å². The van der Waals surface area contributed by atoms with Crippen molar-refractivity contribution in [1.29, 1.82) is 0 Å². The molecule has 0 spiro atoms. The Kier molecular flexibility index (Phi) is 7.66. The summed E-state index contributed by atoms with van der Waals surface area (Å²) in [6.07, 6.45) is 0.911. The van der Waals surface area contributed by atoms with Crippen LogP contribution in [0.3, 0.4) is 0 Å². The number of imidazole rings is 1. The topological polar surface area (TPSA) is 80.3 Å². The van der Waals surface area contributed by atoms with Crippen LogP contribution in [0.15, 0.2) is 68.7 Å². The zero-order chi connectivity index (χ0) is 26.8. The average molecular weight is 597 g/mol. The first-order valence-electron chi connectivity index (χ1n) is 12.6. The predicted molar refractivity (Wildman–Crippen MR) is 158 cm³/mol. The molecular weight excluding hydrogens is 566 g/mol. The number of aromatic nitrogens is 4. The van der Waals surface area contributed by atoms with Crippen LogP contribution in [0.4, 0.5) is 5.95 Å². The Hall–Kier alpha value is -3.44. The van der Waals surface area contributed by atoms with Crippen LogP contribution >= 0.6 is 28.1 Å². The normalized spacial score (nSPS) is 13.8. The molecule has 1 fully saturated rings. The fourth-order valence-electron chi connectivity index (χ4n) is 4.78. The van der Waals surface area contributed by atoms with E-state index in [0.29, 0.717) is 36.7 Å². The summed E-state index contributed by atoms with van der Waals surface area (Å²) < 4.78 is 5.51. The molecule has 0 aliphatic carbocycles. The monoisotopic (exact) mass is 595 g/mol. The second-order valence-electron chi connectivity index (χ2n) is 9.44. The molecular formula is C27H30BrN7O2S. The molecule has 0 radical (unpaired) electrons. The van der Waals surface area contributed by atoms with Gasteiger partial charge in [-0.25, -0.2) is 4.79 Å². The Morgan fingerprint density at radius 2 is 1.63 bits per heavy atom. The van der Waals surface area contributed by atoms with E-state index in [1.165, 1.54) is 17.2 Å². The average Bonchev–Trinajstić information content (AvgIpc) is 3.31. The van der Waals surface area contributed by atoms with Crippen molar-refractivity contribution in [3.05, 3.63) is 91.0 Å². The van der Waals surface area contributed by atoms with E-state index in [2.05, 4.69) is 43.2 Å². The molecule has 11 heteroatoms. The number of rotatable bonds is 6. The molecule has 1 aliphatic heterocycles. The van der Waals surface area contributed by atoms with Gasteiger partial charge in [0.2, 0.25) is 5.95 Å². The van der Waals surface area contributed by atoms with Gasteiger partial charge in [0.15, 0.2) is 16.3 Å². The number of nitrogens with one attached hydrogen (secondary N) is 1. The largest absolute Gasteiger partial charge is 0.362 e. The molecule has 4 aromatic rings. The molecule has 0 atom stereocenters. The molecule has 3 heterocycles. The first-order valence-corrected chi connectivity index (χ1v) is 13.8. The molecule has 38 heavy (non-hydrogen) atoms. The zero-order valence-electron chi connectivity index (χ0n) is 21.4. The standard InChI is InChI=1S/C27H30BrN7O2S/c1-31-23-22(24(36)32(2)27(31)37)35(18-20-8-10-21(28)11-9-20)25(30-23)33-14-16-34(17-15-33)26(38)29-13-12-19-6-4-3-5-7-19/h3-11H,12-18H2,1-2H3,(H,29,38). The number of anilines is 1. The number of nitrogens with zero attached hydrogens (tertiary/aromatic N) is 6. The van der Waals surface area contributed by atoms with E-state index >= 15 is 0 Å². The van der Waals surface area contributed by atoms with E-state index in [1.807, 2.05) is 47.0 Å². The number of halogens is 1. The van der Waals surface area contributed by atoms with Gasteiger partial charge in [0.05, 0.1) is 6.54 Å². The third-order valence-electron chi connectivity index (χ3n) is 6.96. The molecule has 5 rings (SSSR count). The number of fused-ring (bicyclic) bond motifs is 1. The first kappa shape index (κ1) is 26.2. The first-order chi connectivity index (χ1) is 18.3. The summed E-state index contributed by atoms with van der Waals surface area (Å²) in [6, 6.07) is 18.3. The number of thiocarbonyl (C=S) groups is 1. The minimum atomic E-state index is -0.390. The van der Waals surface area contributed by atoms with Gasteiger partial charge in [-0.3, -0.25) is 18.5 Å². The van der Waals surface area contributed by atoms with Gasteiger partial charge in [0, 0.05) is 51.3 Å². The summed E-state index contributed by atoms with van der Waals surface area (Å²) in [5.74, 6) is 0.684. The lowest BCUT2D eigenvalue weighted by atomic mass is 10.1. The van der Waals surface area contributed by atoms with Gasteiger partial charge in [0.25, 0.3) is 5.56 Å². The maximum Gasteiger partial charge on any atom is 0.332 e. The van der Waals surface area contributed by atoms with Gasteiger partial charge in [-0.05, 0) is 41.9 Å². The summed E-state index contributed by atoms with van der Waals surface area (Å²) in [5, 5.41) is 4.14. The van der Waals surface area contributed by atoms with Gasteiger partial charge < -0.3 is 15.1 Å². The van der Waals surface area contributed by atoms with Crippen molar-refractivity contribution in [3.8, 4) is 0 Å². The maximum atomic E-state index is 13.2. The van der Waals surface area contributed by atoms with Crippen molar-refractivity contribution in [2.75, 3.05) is 37.6 Å². The number of hydrogen-bond acceptors (Lipinski definition) is 5. The minimum absolute atomic E-state index is 0.346. The van der Waals surface area contributed by atoms with Crippen LogP contribution in [0.2, 0.25) is 0 Å². The Balaban J connectivity index is 1.36. The number of benzene rings is 2. The van der Waals surface area contributed by atoms with Gasteiger partial charge in [-0.15, -0.1) is 0 Å². The summed E-state index contributed by atoms with van der Waals surface area (Å²) in [7, 11) is 3.16. The third-order valence-corrected chi connectivity index (χ3v) is 7.90. The fourth-order valence-corrected chi connectivity index (χ4v) is 5.33. The molecule has 9 nitrogen and oxygen atoms in total. The van der Waals surface area contributed by atoms with E-state index in [4.69, 9.17) is 17.2 Å². The van der Waals surface area contributed by atoms with E-state index < -0.39 is 0 Å². The second-order valence-corrected chi connectivity index (χ2v) is 10.7. The molecule has 2 aromatic heterocycles. The molecule has 1 aliphatic rings. The Morgan fingerprint density at radius 3 is 2.32 bits per heavy atom. The van der Waals surface area contributed by atoms with E-state index in [-0.39, 0.29) is 11.2 Å².